The predicted octanol–water partition coefficient (Wildman–Crippen LogP) is 1.71. The van der Waals surface area contributed by atoms with E-state index in [1.807, 2.05) is 11.6 Å². The molecule has 0 amide bonds. The normalized spacial score (nSPS) is 17.7. The van der Waals surface area contributed by atoms with Crippen molar-refractivity contribution in [1.29, 1.82) is 0 Å². The molecule has 1 aromatic carbocycles. The summed E-state index contributed by atoms with van der Waals surface area (Å²) < 4.78 is 7.37. The molecule has 6 heteroatoms. The second-order valence-electron chi connectivity index (χ2n) is 5.23. The molecular weight excluding hydrogens is 266 g/mol. The Kier molecular flexibility index (Phi) is 2.82. The third-order valence-electron chi connectivity index (χ3n) is 3.88. The molecule has 0 aliphatic carbocycles. The van der Waals surface area contributed by atoms with Crippen molar-refractivity contribution in [3.63, 3.8) is 0 Å². The fraction of sp³-hybridized carbons (Fsp3) is 0.267. The maximum Gasteiger partial charge on any atom is 0.235 e. The zero-order chi connectivity index (χ0) is 14.2. The molecule has 0 saturated carbocycles. The van der Waals surface area contributed by atoms with Crippen LogP contribution in [0.4, 0.5) is 0 Å². The Bertz CT molecular complexity index is 776. The zero-order valence-corrected chi connectivity index (χ0v) is 11.7. The minimum atomic E-state index is 0.101. The van der Waals surface area contributed by atoms with Gasteiger partial charge in [0.25, 0.3) is 0 Å². The van der Waals surface area contributed by atoms with Crippen LogP contribution < -0.4 is 5.32 Å². The van der Waals surface area contributed by atoms with E-state index < -0.39 is 0 Å². The van der Waals surface area contributed by atoms with Crippen molar-refractivity contribution in [1.82, 2.24) is 25.0 Å². The first-order chi connectivity index (χ1) is 10.3. The van der Waals surface area contributed by atoms with Crippen LogP contribution in [0.1, 0.15) is 22.9 Å². The smallest absolute Gasteiger partial charge is 0.235 e. The molecule has 0 saturated heterocycles. The van der Waals surface area contributed by atoms with Gasteiger partial charge in [0.15, 0.2) is 0 Å². The summed E-state index contributed by atoms with van der Waals surface area (Å²) in [5, 5.41) is 7.49. The molecule has 0 fully saturated rings. The Morgan fingerprint density at radius 3 is 3.10 bits per heavy atom. The molecule has 21 heavy (non-hydrogen) atoms. The Morgan fingerprint density at radius 1 is 1.33 bits per heavy atom. The highest BCUT2D eigenvalue weighted by Gasteiger charge is 2.26. The minimum absolute atomic E-state index is 0.101. The molecule has 1 N–H and O–H groups in total. The topological polar surface area (TPSA) is 68.8 Å². The molecule has 1 aliphatic heterocycles. The largest absolute Gasteiger partial charge is 0.338 e. The molecule has 4 rings (SSSR count). The second kappa shape index (κ2) is 4.82. The lowest BCUT2D eigenvalue weighted by Gasteiger charge is -2.23. The van der Waals surface area contributed by atoms with E-state index in [4.69, 9.17) is 4.52 Å². The third-order valence-corrected chi connectivity index (χ3v) is 3.88. The van der Waals surface area contributed by atoms with Gasteiger partial charge in [-0.3, -0.25) is 0 Å². The van der Waals surface area contributed by atoms with Gasteiger partial charge >= 0.3 is 0 Å². The standard InChI is InChI=1S/C15H15N5O/c1-20-9-17-8-13(20)14-18-15(21-19-14)12-7-16-6-10-4-2-3-5-11(10)12/h2-5,8-9,12,16H,6-7H2,1H3. The van der Waals surface area contributed by atoms with Gasteiger partial charge in [-0.2, -0.15) is 4.98 Å². The fourth-order valence-electron chi connectivity index (χ4n) is 2.77. The Hall–Kier alpha value is -2.47. The van der Waals surface area contributed by atoms with Crippen LogP contribution in [0.25, 0.3) is 11.5 Å². The van der Waals surface area contributed by atoms with Gasteiger partial charge in [0.05, 0.1) is 18.4 Å². The number of benzene rings is 1. The van der Waals surface area contributed by atoms with Crippen LogP contribution in [0.5, 0.6) is 0 Å². The Morgan fingerprint density at radius 2 is 2.24 bits per heavy atom. The van der Waals surface area contributed by atoms with Gasteiger partial charge in [-0.1, -0.05) is 29.4 Å². The lowest BCUT2D eigenvalue weighted by molar-refractivity contribution is 0.356. The van der Waals surface area contributed by atoms with Crippen molar-refractivity contribution in [2.45, 2.75) is 12.5 Å². The molecule has 1 unspecified atom stereocenters. The summed E-state index contributed by atoms with van der Waals surface area (Å²) in [4.78, 5) is 8.64. The number of imidazole rings is 1. The summed E-state index contributed by atoms with van der Waals surface area (Å²) in [6.07, 6.45) is 3.46. The number of hydrogen-bond donors (Lipinski definition) is 1. The quantitative estimate of drug-likeness (QED) is 0.774. The van der Waals surface area contributed by atoms with E-state index in [-0.39, 0.29) is 5.92 Å². The molecule has 3 heterocycles. The molecule has 2 aromatic heterocycles. The number of aryl methyl sites for hydroxylation is 1. The second-order valence-corrected chi connectivity index (χ2v) is 5.23. The summed E-state index contributed by atoms with van der Waals surface area (Å²) in [6, 6.07) is 8.37. The van der Waals surface area contributed by atoms with Crippen molar-refractivity contribution in [2.24, 2.45) is 7.05 Å². The highest BCUT2D eigenvalue weighted by molar-refractivity contribution is 5.47. The first-order valence-electron chi connectivity index (χ1n) is 6.92. The van der Waals surface area contributed by atoms with Crippen molar-refractivity contribution < 1.29 is 4.52 Å². The van der Waals surface area contributed by atoms with E-state index in [9.17, 15) is 0 Å². The molecular formula is C15H15N5O. The van der Waals surface area contributed by atoms with Crippen molar-refractivity contribution >= 4 is 0 Å². The lowest BCUT2D eigenvalue weighted by atomic mass is 9.91. The molecule has 6 nitrogen and oxygen atoms in total. The Labute approximate surface area is 121 Å². The number of nitrogens with one attached hydrogen (secondary N) is 1. The lowest BCUT2D eigenvalue weighted by Crippen LogP contribution is -2.28. The number of nitrogens with zero attached hydrogens (tertiary/aromatic N) is 4. The van der Waals surface area contributed by atoms with Gasteiger partial charge in [0.1, 0.15) is 5.69 Å². The maximum atomic E-state index is 5.50. The van der Waals surface area contributed by atoms with E-state index >= 15 is 0 Å². The first kappa shape index (κ1) is 12.3. The predicted molar refractivity (Wildman–Crippen MR) is 76.5 cm³/mol. The number of rotatable bonds is 2. The first-order valence-corrected chi connectivity index (χ1v) is 6.92. The number of hydrogen-bond acceptors (Lipinski definition) is 5. The summed E-state index contributed by atoms with van der Waals surface area (Å²) in [5.41, 5.74) is 3.40. The van der Waals surface area contributed by atoms with E-state index in [0.29, 0.717) is 11.7 Å². The van der Waals surface area contributed by atoms with E-state index in [2.05, 4.69) is 44.7 Å². The summed E-state index contributed by atoms with van der Waals surface area (Å²) in [5.74, 6) is 1.32. The number of fused-ring (bicyclic) bond motifs is 1. The van der Waals surface area contributed by atoms with Gasteiger partial charge in [0.2, 0.25) is 11.7 Å². The van der Waals surface area contributed by atoms with Gasteiger partial charge in [0, 0.05) is 20.1 Å². The van der Waals surface area contributed by atoms with Crippen molar-refractivity contribution in [2.75, 3.05) is 6.54 Å². The van der Waals surface area contributed by atoms with E-state index in [1.54, 1.807) is 12.5 Å². The monoisotopic (exact) mass is 281 g/mol. The average molecular weight is 281 g/mol. The highest BCUT2D eigenvalue weighted by atomic mass is 16.5. The highest BCUT2D eigenvalue weighted by Crippen LogP contribution is 2.30. The van der Waals surface area contributed by atoms with Crippen LogP contribution in [-0.4, -0.2) is 26.2 Å². The summed E-state index contributed by atoms with van der Waals surface area (Å²) in [6.45, 7) is 1.69. The number of aromatic nitrogens is 4. The van der Waals surface area contributed by atoms with E-state index in [1.165, 1.54) is 11.1 Å². The molecule has 0 spiro atoms. The Balaban J connectivity index is 1.73. The zero-order valence-electron chi connectivity index (χ0n) is 11.7. The molecule has 0 radical (unpaired) electrons. The molecule has 106 valence electrons. The van der Waals surface area contributed by atoms with Crippen molar-refractivity contribution in [3.8, 4) is 11.5 Å². The van der Waals surface area contributed by atoms with Gasteiger partial charge in [-0.05, 0) is 11.1 Å². The van der Waals surface area contributed by atoms with Gasteiger partial charge in [-0.25, -0.2) is 4.98 Å². The SMILES string of the molecule is Cn1cncc1-c1noc(C2CNCc3ccccc32)n1. The third kappa shape index (κ3) is 2.04. The minimum Gasteiger partial charge on any atom is -0.338 e. The van der Waals surface area contributed by atoms with Gasteiger partial charge < -0.3 is 14.4 Å². The molecule has 3 aromatic rings. The summed E-state index contributed by atoms with van der Waals surface area (Å²) in [7, 11) is 1.91. The van der Waals surface area contributed by atoms with E-state index in [0.717, 1.165) is 18.8 Å². The van der Waals surface area contributed by atoms with Gasteiger partial charge in [-0.15, -0.1) is 0 Å². The molecule has 1 atom stereocenters. The fourth-order valence-corrected chi connectivity index (χ4v) is 2.77. The van der Waals surface area contributed by atoms with Crippen LogP contribution in [0.2, 0.25) is 0 Å². The molecule has 1 aliphatic rings. The van der Waals surface area contributed by atoms with Crippen LogP contribution in [-0.2, 0) is 13.6 Å². The van der Waals surface area contributed by atoms with Crippen LogP contribution in [0.15, 0.2) is 41.3 Å². The average Bonchev–Trinajstić information content (AvgIpc) is 3.15. The van der Waals surface area contributed by atoms with Crippen molar-refractivity contribution in [3.05, 3.63) is 53.8 Å². The molecule has 0 bridgehead atoms. The van der Waals surface area contributed by atoms with Crippen LogP contribution in [0.3, 0.4) is 0 Å². The maximum absolute atomic E-state index is 5.50. The summed E-state index contributed by atoms with van der Waals surface area (Å²) >= 11 is 0. The van der Waals surface area contributed by atoms with Crippen LogP contribution >= 0.6 is 0 Å². The van der Waals surface area contributed by atoms with Crippen LogP contribution in [0, 0.1) is 0 Å².